The van der Waals surface area contributed by atoms with Crippen LogP contribution in [0.4, 0.5) is 5.69 Å². The molecule has 1 amide bonds. The molecule has 1 heterocycles. The van der Waals surface area contributed by atoms with Gasteiger partial charge in [-0.05, 0) is 30.7 Å². The van der Waals surface area contributed by atoms with Gasteiger partial charge >= 0.3 is 5.69 Å². The minimum atomic E-state index is -0.425. The van der Waals surface area contributed by atoms with Gasteiger partial charge in [0.2, 0.25) is 0 Å². The van der Waals surface area contributed by atoms with Crippen molar-refractivity contribution in [2.75, 3.05) is 11.9 Å². The number of hydrogen-bond acceptors (Lipinski definition) is 3. The first kappa shape index (κ1) is 14.6. The molecular formula is C15H15N3O3. The fourth-order valence-electron chi connectivity index (χ4n) is 1.75. The number of amides is 1. The van der Waals surface area contributed by atoms with Crippen molar-refractivity contribution in [3.8, 4) is 11.8 Å². The molecule has 1 aromatic carbocycles. The molecule has 0 unspecified atom stereocenters. The number of benzene rings is 1. The maximum absolute atomic E-state index is 11.9. The molecule has 2 aromatic rings. The van der Waals surface area contributed by atoms with Crippen LogP contribution in [0.5, 0.6) is 0 Å². The number of carbonyl (C=O) groups is 1. The number of hydrogen-bond donors (Lipinski definition) is 4. The van der Waals surface area contributed by atoms with E-state index in [9.17, 15) is 9.59 Å². The van der Waals surface area contributed by atoms with Crippen molar-refractivity contribution in [2.45, 2.75) is 13.3 Å². The van der Waals surface area contributed by atoms with Crippen LogP contribution in [0.25, 0.3) is 0 Å². The van der Waals surface area contributed by atoms with Crippen molar-refractivity contribution in [1.82, 2.24) is 9.97 Å². The van der Waals surface area contributed by atoms with E-state index in [2.05, 4.69) is 27.1 Å². The zero-order valence-electron chi connectivity index (χ0n) is 11.5. The van der Waals surface area contributed by atoms with Crippen LogP contribution in [0.2, 0.25) is 0 Å². The average Bonchev–Trinajstić information content (AvgIpc) is 2.88. The molecule has 108 valence electrons. The molecule has 0 spiro atoms. The second-order valence-electron chi connectivity index (χ2n) is 4.42. The standard InChI is InChI=1S/C15H15N3O3/c1-10-8-12(6-5-11(10)4-2-3-7-19)17-14(20)13-9-16-15(21)18-13/h5-6,8-9,19H,3,7H2,1H3,(H,17,20)(H2,16,18,21). The lowest BCUT2D eigenvalue weighted by Gasteiger charge is -2.06. The third-order valence-corrected chi connectivity index (χ3v) is 2.78. The molecule has 6 heteroatoms. The van der Waals surface area contributed by atoms with Gasteiger partial charge in [-0.3, -0.25) is 4.79 Å². The largest absolute Gasteiger partial charge is 0.395 e. The van der Waals surface area contributed by atoms with Gasteiger partial charge in [0.25, 0.3) is 5.91 Å². The van der Waals surface area contributed by atoms with Gasteiger partial charge in [0.05, 0.1) is 6.61 Å². The minimum Gasteiger partial charge on any atom is -0.395 e. The maximum atomic E-state index is 11.9. The Balaban J connectivity index is 2.12. The highest BCUT2D eigenvalue weighted by Gasteiger charge is 2.08. The lowest BCUT2D eigenvalue weighted by Crippen LogP contribution is -2.14. The molecular weight excluding hydrogens is 270 g/mol. The summed E-state index contributed by atoms with van der Waals surface area (Å²) in [5.41, 5.74) is 2.12. The van der Waals surface area contributed by atoms with Gasteiger partial charge in [-0.2, -0.15) is 0 Å². The molecule has 2 rings (SSSR count). The summed E-state index contributed by atoms with van der Waals surface area (Å²) in [6.07, 6.45) is 1.75. The number of imidazole rings is 1. The van der Waals surface area contributed by atoms with E-state index in [0.29, 0.717) is 12.1 Å². The Morgan fingerprint density at radius 2 is 2.24 bits per heavy atom. The zero-order valence-corrected chi connectivity index (χ0v) is 11.5. The Morgan fingerprint density at radius 1 is 1.43 bits per heavy atom. The minimum absolute atomic E-state index is 0.0368. The summed E-state index contributed by atoms with van der Waals surface area (Å²) in [6, 6.07) is 5.33. The maximum Gasteiger partial charge on any atom is 0.323 e. The number of aliphatic hydroxyl groups is 1. The summed E-state index contributed by atoms with van der Waals surface area (Å²) in [5.74, 6) is 5.41. The molecule has 6 nitrogen and oxygen atoms in total. The fraction of sp³-hybridized carbons (Fsp3) is 0.200. The number of aryl methyl sites for hydroxylation is 1. The van der Waals surface area contributed by atoms with E-state index in [-0.39, 0.29) is 12.3 Å². The highest BCUT2D eigenvalue weighted by atomic mass is 16.2. The normalized spacial score (nSPS) is 9.81. The van der Waals surface area contributed by atoms with Crippen LogP contribution in [0, 0.1) is 18.8 Å². The molecule has 0 saturated carbocycles. The van der Waals surface area contributed by atoms with Gasteiger partial charge in [-0.1, -0.05) is 11.8 Å². The Morgan fingerprint density at radius 3 is 2.86 bits per heavy atom. The van der Waals surface area contributed by atoms with Crippen LogP contribution in [-0.4, -0.2) is 27.6 Å². The summed E-state index contributed by atoms with van der Waals surface area (Å²) in [5, 5.41) is 11.4. The third-order valence-electron chi connectivity index (χ3n) is 2.78. The molecule has 0 fully saturated rings. The van der Waals surface area contributed by atoms with E-state index in [0.717, 1.165) is 11.1 Å². The Kier molecular flexibility index (Phi) is 4.59. The van der Waals surface area contributed by atoms with Gasteiger partial charge in [-0.25, -0.2) is 4.79 Å². The van der Waals surface area contributed by atoms with Gasteiger partial charge in [-0.15, -0.1) is 0 Å². The first-order chi connectivity index (χ1) is 10.1. The predicted molar refractivity (Wildman–Crippen MR) is 79.1 cm³/mol. The number of rotatable bonds is 3. The Hall–Kier alpha value is -2.78. The molecule has 0 saturated heterocycles. The molecule has 0 aliphatic rings. The van der Waals surface area contributed by atoms with Crippen LogP contribution in [0.3, 0.4) is 0 Å². The van der Waals surface area contributed by atoms with E-state index in [4.69, 9.17) is 5.11 Å². The van der Waals surface area contributed by atoms with Crippen LogP contribution in [0.1, 0.15) is 28.0 Å². The molecule has 0 bridgehead atoms. The van der Waals surface area contributed by atoms with Crippen molar-refractivity contribution in [1.29, 1.82) is 0 Å². The number of aliphatic hydroxyl groups excluding tert-OH is 1. The highest BCUT2D eigenvalue weighted by molar-refractivity contribution is 6.02. The Labute approximate surface area is 121 Å². The number of aromatic amines is 2. The van der Waals surface area contributed by atoms with Crippen molar-refractivity contribution in [2.24, 2.45) is 0 Å². The predicted octanol–water partition coefficient (Wildman–Crippen LogP) is 0.998. The number of aromatic nitrogens is 2. The number of anilines is 1. The molecule has 1 aromatic heterocycles. The zero-order chi connectivity index (χ0) is 15.2. The van der Waals surface area contributed by atoms with E-state index in [1.165, 1.54) is 6.20 Å². The second-order valence-corrected chi connectivity index (χ2v) is 4.42. The fourth-order valence-corrected chi connectivity index (χ4v) is 1.75. The first-order valence-corrected chi connectivity index (χ1v) is 6.39. The van der Waals surface area contributed by atoms with E-state index in [1.54, 1.807) is 18.2 Å². The first-order valence-electron chi connectivity index (χ1n) is 6.39. The SMILES string of the molecule is Cc1cc(NC(=O)c2c[nH]c(=O)[nH]2)ccc1C#CCCO. The van der Waals surface area contributed by atoms with Crippen molar-refractivity contribution < 1.29 is 9.90 Å². The number of H-pyrrole nitrogens is 2. The summed E-state index contributed by atoms with van der Waals surface area (Å²) in [6.45, 7) is 1.92. The quantitative estimate of drug-likeness (QED) is 0.633. The smallest absolute Gasteiger partial charge is 0.323 e. The van der Waals surface area contributed by atoms with Gasteiger partial charge in [0, 0.05) is 23.9 Å². The molecule has 21 heavy (non-hydrogen) atoms. The van der Waals surface area contributed by atoms with E-state index < -0.39 is 11.6 Å². The van der Waals surface area contributed by atoms with E-state index >= 15 is 0 Å². The number of nitrogens with one attached hydrogen (secondary N) is 3. The van der Waals surface area contributed by atoms with Crippen LogP contribution < -0.4 is 11.0 Å². The topological polar surface area (TPSA) is 98.0 Å². The number of carbonyl (C=O) groups excluding carboxylic acids is 1. The molecule has 0 aliphatic heterocycles. The molecule has 0 radical (unpaired) electrons. The van der Waals surface area contributed by atoms with Crippen LogP contribution >= 0.6 is 0 Å². The molecule has 4 N–H and O–H groups in total. The third kappa shape index (κ3) is 3.84. The van der Waals surface area contributed by atoms with Crippen molar-refractivity contribution >= 4 is 11.6 Å². The second kappa shape index (κ2) is 6.59. The Bertz CT molecular complexity index is 762. The summed E-state index contributed by atoms with van der Waals surface area (Å²) >= 11 is 0. The van der Waals surface area contributed by atoms with Crippen LogP contribution in [-0.2, 0) is 0 Å². The summed E-state index contributed by atoms with van der Waals surface area (Å²) in [7, 11) is 0. The highest BCUT2D eigenvalue weighted by Crippen LogP contribution is 2.15. The monoisotopic (exact) mass is 285 g/mol. The lowest BCUT2D eigenvalue weighted by atomic mass is 10.1. The van der Waals surface area contributed by atoms with E-state index in [1.807, 2.05) is 6.92 Å². The van der Waals surface area contributed by atoms with Crippen molar-refractivity contribution in [3.63, 3.8) is 0 Å². The van der Waals surface area contributed by atoms with Gasteiger partial charge in [0.1, 0.15) is 5.69 Å². The average molecular weight is 285 g/mol. The summed E-state index contributed by atoms with van der Waals surface area (Å²) < 4.78 is 0. The van der Waals surface area contributed by atoms with Crippen molar-refractivity contribution in [3.05, 3.63) is 51.7 Å². The summed E-state index contributed by atoms with van der Waals surface area (Å²) in [4.78, 5) is 27.6. The molecule has 0 atom stereocenters. The van der Waals surface area contributed by atoms with Gasteiger partial charge < -0.3 is 20.4 Å². The lowest BCUT2D eigenvalue weighted by molar-refractivity contribution is 0.102. The van der Waals surface area contributed by atoms with Gasteiger partial charge in [0.15, 0.2) is 0 Å². The molecule has 0 aliphatic carbocycles. The van der Waals surface area contributed by atoms with Crippen LogP contribution in [0.15, 0.2) is 29.2 Å².